The molecule has 1 aromatic carbocycles. The van der Waals surface area contributed by atoms with Gasteiger partial charge in [0.15, 0.2) is 5.82 Å². The van der Waals surface area contributed by atoms with Crippen LogP contribution in [-0.4, -0.2) is 16.3 Å². The molecule has 2 aromatic rings. The van der Waals surface area contributed by atoms with Gasteiger partial charge in [0.1, 0.15) is 17.5 Å². The summed E-state index contributed by atoms with van der Waals surface area (Å²) in [4.78, 5) is 0. The van der Waals surface area contributed by atoms with Crippen molar-refractivity contribution in [2.24, 2.45) is 0 Å². The average molecular weight is 320 g/mol. The Labute approximate surface area is 120 Å². The largest absolute Gasteiger partial charge is 0.383 e. The first kappa shape index (κ1) is 13.4. The van der Waals surface area contributed by atoms with Crippen molar-refractivity contribution in [2.75, 3.05) is 17.6 Å². The van der Waals surface area contributed by atoms with E-state index in [1.54, 1.807) is 4.68 Å². The number of nitrogen functional groups attached to an aromatic ring is 1. The molecule has 0 atom stereocenters. The number of nitrogens with zero attached hydrogens (tertiary/aromatic N) is 3. The Hall–Kier alpha value is -2.00. The van der Waals surface area contributed by atoms with Gasteiger partial charge in [0.2, 0.25) is 0 Å². The maximum absolute atomic E-state index is 9.12. The van der Waals surface area contributed by atoms with Crippen molar-refractivity contribution in [1.82, 2.24) is 9.78 Å². The summed E-state index contributed by atoms with van der Waals surface area (Å²) in [6.07, 6.45) is 0. The first-order chi connectivity index (χ1) is 9.15. The molecule has 6 heteroatoms. The highest BCUT2D eigenvalue weighted by Crippen LogP contribution is 2.22. The van der Waals surface area contributed by atoms with Crippen LogP contribution < -0.4 is 11.1 Å². The van der Waals surface area contributed by atoms with Gasteiger partial charge in [0.25, 0.3) is 0 Å². The van der Waals surface area contributed by atoms with E-state index in [9.17, 15) is 0 Å². The van der Waals surface area contributed by atoms with E-state index >= 15 is 0 Å². The number of nitrogens with one attached hydrogen (secondary N) is 1. The van der Waals surface area contributed by atoms with Crippen LogP contribution in [0.15, 0.2) is 28.7 Å². The van der Waals surface area contributed by atoms with Crippen LogP contribution in [0.2, 0.25) is 0 Å². The summed E-state index contributed by atoms with van der Waals surface area (Å²) in [6, 6.07) is 9.99. The number of halogens is 1. The van der Waals surface area contributed by atoms with Gasteiger partial charge < -0.3 is 11.1 Å². The second-order valence-corrected chi connectivity index (χ2v) is 4.95. The Morgan fingerprint density at radius 3 is 2.95 bits per heavy atom. The van der Waals surface area contributed by atoms with E-state index in [0.717, 1.165) is 10.0 Å². The van der Waals surface area contributed by atoms with E-state index in [1.165, 1.54) is 0 Å². The second kappa shape index (κ2) is 5.76. The molecule has 0 fully saturated rings. The summed E-state index contributed by atoms with van der Waals surface area (Å²) in [5.74, 6) is 0.927. The molecule has 98 valence electrons. The molecule has 0 amide bonds. The molecule has 0 saturated heterocycles. The van der Waals surface area contributed by atoms with Crippen LogP contribution in [0.4, 0.5) is 11.6 Å². The molecule has 19 heavy (non-hydrogen) atoms. The summed E-state index contributed by atoms with van der Waals surface area (Å²) < 4.78 is 2.64. The van der Waals surface area contributed by atoms with Crippen molar-refractivity contribution in [3.05, 3.63) is 39.9 Å². The van der Waals surface area contributed by atoms with Crippen LogP contribution in [0.5, 0.6) is 0 Å². The predicted octanol–water partition coefficient (Wildman–Crippen LogP) is 2.58. The van der Waals surface area contributed by atoms with Crippen LogP contribution >= 0.6 is 15.9 Å². The molecule has 0 aliphatic carbocycles. The minimum atomic E-state index is 0.387. The van der Waals surface area contributed by atoms with E-state index in [0.29, 0.717) is 30.3 Å². The number of hydrogen-bond acceptors (Lipinski definition) is 4. The topological polar surface area (TPSA) is 79.7 Å². The fourth-order valence-corrected chi connectivity index (χ4v) is 2.25. The molecule has 3 N–H and O–H groups in total. The minimum Gasteiger partial charge on any atom is -0.383 e. The zero-order valence-corrected chi connectivity index (χ0v) is 12.1. The van der Waals surface area contributed by atoms with Crippen molar-refractivity contribution in [2.45, 2.75) is 13.5 Å². The van der Waals surface area contributed by atoms with E-state index in [-0.39, 0.29) is 0 Å². The van der Waals surface area contributed by atoms with Crippen LogP contribution in [0, 0.1) is 11.3 Å². The molecular formula is C13H14BrN5. The number of hydrogen-bond donors (Lipinski definition) is 2. The molecule has 0 radical (unpaired) electrons. The quantitative estimate of drug-likeness (QED) is 0.907. The standard InChI is InChI=1S/C13H14BrN5/c1-2-17-13-11(7-15)12(16)19(18-13)8-9-4-3-5-10(14)6-9/h3-6H,2,8,16H2,1H3,(H,17,18). The first-order valence-corrected chi connectivity index (χ1v) is 6.69. The van der Waals surface area contributed by atoms with Crippen LogP contribution in [-0.2, 0) is 6.54 Å². The molecule has 2 rings (SSSR count). The predicted molar refractivity (Wildman–Crippen MR) is 78.8 cm³/mol. The maximum atomic E-state index is 9.12. The highest BCUT2D eigenvalue weighted by molar-refractivity contribution is 9.10. The molecule has 0 bridgehead atoms. The Morgan fingerprint density at radius 1 is 1.53 bits per heavy atom. The van der Waals surface area contributed by atoms with E-state index in [2.05, 4.69) is 32.4 Å². The summed E-state index contributed by atoms with van der Waals surface area (Å²) in [5.41, 5.74) is 7.42. The maximum Gasteiger partial charge on any atom is 0.168 e. The van der Waals surface area contributed by atoms with Crippen LogP contribution in [0.3, 0.4) is 0 Å². The summed E-state index contributed by atoms with van der Waals surface area (Å²) in [6.45, 7) is 3.18. The summed E-state index contributed by atoms with van der Waals surface area (Å²) >= 11 is 3.43. The Kier molecular flexibility index (Phi) is 4.07. The second-order valence-electron chi connectivity index (χ2n) is 4.04. The molecule has 0 aliphatic rings. The third-order valence-corrected chi connectivity index (χ3v) is 3.16. The Balaban J connectivity index is 2.33. The third kappa shape index (κ3) is 2.88. The van der Waals surface area contributed by atoms with Crippen LogP contribution in [0.25, 0.3) is 0 Å². The number of nitriles is 1. The minimum absolute atomic E-state index is 0.387. The number of rotatable bonds is 4. The lowest BCUT2D eigenvalue weighted by Gasteiger charge is -2.04. The Bertz CT molecular complexity index is 626. The average Bonchev–Trinajstić information content (AvgIpc) is 2.66. The van der Waals surface area contributed by atoms with Gasteiger partial charge in [-0.3, -0.25) is 0 Å². The van der Waals surface area contributed by atoms with Gasteiger partial charge in [-0.15, -0.1) is 0 Å². The Morgan fingerprint density at radius 2 is 2.32 bits per heavy atom. The number of aromatic nitrogens is 2. The van der Waals surface area contributed by atoms with Crippen molar-refractivity contribution in [3.63, 3.8) is 0 Å². The molecule has 0 spiro atoms. The highest BCUT2D eigenvalue weighted by Gasteiger charge is 2.14. The van der Waals surface area contributed by atoms with Crippen molar-refractivity contribution in [1.29, 1.82) is 5.26 Å². The summed E-state index contributed by atoms with van der Waals surface area (Å²) in [5, 5.41) is 16.5. The van der Waals surface area contributed by atoms with Gasteiger partial charge in [-0.05, 0) is 24.6 Å². The van der Waals surface area contributed by atoms with Crippen molar-refractivity contribution >= 4 is 27.6 Å². The molecular weight excluding hydrogens is 306 g/mol. The molecule has 1 heterocycles. The molecule has 0 unspecified atom stereocenters. The molecule has 0 saturated carbocycles. The van der Waals surface area contributed by atoms with Gasteiger partial charge in [0, 0.05) is 11.0 Å². The number of nitrogens with two attached hydrogens (primary N) is 1. The monoisotopic (exact) mass is 319 g/mol. The normalized spacial score (nSPS) is 10.2. The van der Waals surface area contributed by atoms with E-state index in [1.807, 2.05) is 31.2 Å². The van der Waals surface area contributed by atoms with E-state index < -0.39 is 0 Å². The lowest BCUT2D eigenvalue weighted by atomic mass is 10.2. The highest BCUT2D eigenvalue weighted by atomic mass is 79.9. The van der Waals surface area contributed by atoms with Gasteiger partial charge in [0.05, 0.1) is 6.54 Å². The lowest BCUT2D eigenvalue weighted by molar-refractivity contribution is 0.698. The van der Waals surface area contributed by atoms with Gasteiger partial charge in [-0.1, -0.05) is 28.1 Å². The van der Waals surface area contributed by atoms with E-state index in [4.69, 9.17) is 11.0 Å². The van der Waals surface area contributed by atoms with Gasteiger partial charge in [-0.2, -0.15) is 10.4 Å². The third-order valence-electron chi connectivity index (χ3n) is 2.67. The SMILES string of the molecule is CCNc1nn(Cc2cccc(Br)c2)c(N)c1C#N. The van der Waals surface area contributed by atoms with Crippen LogP contribution in [0.1, 0.15) is 18.1 Å². The number of benzene rings is 1. The molecule has 5 nitrogen and oxygen atoms in total. The molecule has 0 aliphatic heterocycles. The zero-order valence-electron chi connectivity index (χ0n) is 10.5. The van der Waals surface area contributed by atoms with Gasteiger partial charge >= 0.3 is 0 Å². The summed E-state index contributed by atoms with van der Waals surface area (Å²) in [7, 11) is 0. The fourth-order valence-electron chi connectivity index (χ4n) is 1.81. The lowest BCUT2D eigenvalue weighted by Crippen LogP contribution is -2.06. The first-order valence-electron chi connectivity index (χ1n) is 5.90. The number of anilines is 2. The smallest absolute Gasteiger partial charge is 0.168 e. The fraction of sp³-hybridized carbons (Fsp3) is 0.231. The van der Waals surface area contributed by atoms with Crippen molar-refractivity contribution < 1.29 is 0 Å². The zero-order chi connectivity index (χ0) is 13.8. The van der Waals surface area contributed by atoms with Gasteiger partial charge in [-0.25, -0.2) is 4.68 Å². The van der Waals surface area contributed by atoms with Crippen molar-refractivity contribution in [3.8, 4) is 6.07 Å². The molecule has 1 aromatic heterocycles.